The average Bonchev–Trinajstić information content (AvgIpc) is 3.02. The van der Waals surface area contributed by atoms with Crippen LogP contribution in [0.1, 0.15) is 44.6 Å². The number of aryl methyl sites for hydroxylation is 1. The van der Waals surface area contributed by atoms with Crippen molar-refractivity contribution in [2.24, 2.45) is 0 Å². The molecule has 1 aromatic heterocycles. The van der Waals surface area contributed by atoms with E-state index in [0.717, 1.165) is 23.4 Å². The van der Waals surface area contributed by atoms with Crippen LogP contribution in [-0.2, 0) is 9.59 Å². The molecule has 0 aliphatic carbocycles. The molecular weight excluding hydrogens is 374 g/mol. The lowest BCUT2D eigenvalue weighted by atomic mass is 10.1. The quantitative estimate of drug-likeness (QED) is 0.592. The van der Waals surface area contributed by atoms with E-state index in [9.17, 15) is 9.59 Å². The van der Waals surface area contributed by atoms with Gasteiger partial charge in [0.2, 0.25) is 11.8 Å². The minimum Gasteiger partial charge on any atom is -0.322 e. The molecule has 0 saturated carbocycles. The third-order valence-corrected chi connectivity index (χ3v) is 5.48. The lowest BCUT2D eigenvalue weighted by Gasteiger charge is -2.32. The molecule has 2 heterocycles. The van der Waals surface area contributed by atoms with Crippen LogP contribution in [0.5, 0.6) is 0 Å². The van der Waals surface area contributed by atoms with Crippen molar-refractivity contribution in [3.05, 3.63) is 42.1 Å². The second-order valence-corrected chi connectivity index (χ2v) is 8.07. The first kappa shape index (κ1) is 20.4. The molecule has 1 aliphatic heterocycles. The minimum atomic E-state index is -0.458. The number of rotatable bonds is 8. The van der Waals surface area contributed by atoms with Crippen LogP contribution >= 0.6 is 11.8 Å². The molecule has 0 spiro atoms. The number of hydrogen-bond acceptors (Lipinski definition) is 5. The van der Waals surface area contributed by atoms with Gasteiger partial charge in [-0.1, -0.05) is 31.5 Å². The van der Waals surface area contributed by atoms with Gasteiger partial charge in [-0.15, -0.1) is 11.8 Å². The standard InChI is InChI=1S/C20H27N5O2S/c1-3-7-15-13-19(27)23-20(21-15)25-17(12-14(2)24-25)22-18(26)10-11-28-16-8-5-4-6-9-16/h4-6,8-9,12,15,20-21H,3,7,10-11,13H2,1-2H3,(H,22,26)(H,23,27). The maximum atomic E-state index is 12.4. The Labute approximate surface area is 169 Å². The Morgan fingerprint density at radius 3 is 2.89 bits per heavy atom. The van der Waals surface area contributed by atoms with E-state index in [1.54, 1.807) is 16.4 Å². The highest BCUT2D eigenvalue weighted by molar-refractivity contribution is 7.99. The largest absolute Gasteiger partial charge is 0.322 e. The Morgan fingerprint density at radius 1 is 1.36 bits per heavy atom. The normalized spacial score (nSPS) is 19.3. The van der Waals surface area contributed by atoms with Crippen molar-refractivity contribution >= 4 is 29.4 Å². The first-order valence-corrected chi connectivity index (χ1v) is 10.6. The number of aromatic nitrogens is 2. The summed E-state index contributed by atoms with van der Waals surface area (Å²) in [5.74, 6) is 1.20. The summed E-state index contributed by atoms with van der Waals surface area (Å²) in [5, 5.41) is 13.7. The van der Waals surface area contributed by atoms with E-state index < -0.39 is 6.29 Å². The number of benzene rings is 1. The maximum Gasteiger partial charge on any atom is 0.226 e. The molecule has 3 rings (SSSR count). The molecule has 28 heavy (non-hydrogen) atoms. The number of amides is 2. The summed E-state index contributed by atoms with van der Waals surface area (Å²) >= 11 is 1.65. The second-order valence-electron chi connectivity index (χ2n) is 6.90. The van der Waals surface area contributed by atoms with Crippen molar-refractivity contribution in [2.45, 2.75) is 56.8 Å². The van der Waals surface area contributed by atoms with E-state index in [1.807, 2.05) is 43.3 Å². The van der Waals surface area contributed by atoms with E-state index in [2.05, 4.69) is 28.0 Å². The van der Waals surface area contributed by atoms with Gasteiger partial charge < -0.3 is 10.6 Å². The minimum absolute atomic E-state index is 0.00751. The number of anilines is 1. The first-order valence-electron chi connectivity index (χ1n) is 9.64. The number of nitrogens with one attached hydrogen (secondary N) is 3. The Kier molecular flexibility index (Phi) is 7.11. The molecule has 2 unspecified atom stereocenters. The van der Waals surface area contributed by atoms with Crippen molar-refractivity contribution in [3.8, 4) is 0 Å². The predicted octanol–water partition coefficient (Wildman–Crippen LogP) is 3.05. The Morgan fingerprint density at radius 2 is 2.14 bits per heavy atom. The average molecular weight is 402 g/mol. The van der Waals surface area contributed by atoms with Crippen LogP contribution in [-0.4, -0.2) is 33.4 Å². The van der Waals surface area contributed by atoms with Gasteiger partial charge >= 0.3 is 0 Å². The van der Waals surface area contributed by atoms with Crippen LogP contribution < -0.4 is 16.0 Å². The van der Waals surface area contributed by atoms with Gasteiger partial charge in [0.15, 0.2) is 6.29 Å². The van der Waals surface area contributed by atoms with Gasteiger partial charge in [0.25, 0.3) is 0 Å². The zero-order valence-corrected chi connectivity index (χ0v) is 17.1. The molecule has 150 valence electrons. The summed E-state index contributed by atoms with van der Waals surface area (Å²) < 4.78 is 1.65. The van der Waals surface area contributed by atoms with Crippen LogP contribution in [0.3, 0.4) is 0 Å². The number of thioether (sulfide) groups is 1. The lowest BCUT2D eigenvalue weighted by molar-refractivity contribution is -0.125. The van der Waals surface area contributed by atoms with Gasteiger partial charge in [-0.05, 0) is 25.5 Å². The van der Waals surface area contributed by atoms with Gasteiger partial charge in [-0.3, -0.25) is 14.9 Å². The number of carbonyl (C=O) groups excluding carboxylic acids is 2. The molecule has 1 aromatic carbocycles. The van der Waals surface area contributed by atoms with E-state index >= 15 is 0 Å². The Hall–Kier alpha value is -2.32. The second kappa shape index (κ2) is 9.75. The number of nitrogens with zero attached hydrogens (tertiary/aromatic N) is 2. The highest BCUT2D eigenvalue weighted by Crippen LogP contribution is 2.20. The zero-order chi connectivity index (χ0) is 19.9. The molecule has 8 heteroatoms. The smallest absolute Gasteiger partial charge is 0.226 e. The van der Waals surface area contributed by atoms with Gasteiger partial charge in [-0.2, -0.15) is 5.10 Å². The predicted molar refractivity (Wildman–Crippen MR) is 111 cm³/mol. The molecule has 1 fully saturated rings. The summed E-state index contributed by atoms with van der Waals surface area (Å²) in [5.41, 5.74) is 0.780. The van der Waals surface area contributed by atoms with Gasteiger partial charge in [0, 0.05) is 35.6 Å². The van der Waals surface area contributed by atoms with Crippen molar-refractivity contribution in [1.29, 1.82) is 0 Å². The summed E-state index contributed by atoms with van der Waals surface area (Å²) in [7, 11) is 0. The van der Waals surface area contributed by atoms with Crippen molar-refractivity contribution in [1.82, 2.24) is 20.4 Å². The third kappa shape index (κ3) is 5.59. The third-order valence-electron chi connectivity index (χ3n) is 4.47. The molecule has 0 bridgehead atoms. The fourth-order valence-corrected chi connectivity index (χ4v) is 4.09. The van der Waals surface area contributed by atoms with Gasteiger partial charge in [0.05, 0.1) is 5.69 Å². The van der Waals surface area contributed by atoms with E-state index in [1.165, 1.54) is 0 Å². The van der Waals surface area contributed by atoms with Crippen LogP contribution in [0, 0.1) is 6.92 Å². The topological polar surface area (TPSA) is 88.1 Å². The molecule has 1 aliphatic rings. The highest BCUT2D eigenvalue weighted by Gasteiger charge is 2.28. The van der Waals surface area contributed by atoms with E-state index in [0.29, 0.717) is 24.4 Å². The molecule has 2 aromatic rings. The van der Waals surface area contributed by atoms with E-state index in [-0.39, 0.29) is 17.9 Å². The molecule has 7 nitrogen and oxygen atoms in total. The van der Waals surface area contributed by atoms with Crippen LogP contribution in [0.15, 0.2) is 41.3 Å². The van der Waals surface area contributed by atoms with Crippen molar-refractivity contribution < 1.29 is 9.59 Å². The summed E-state index contributed by atoms with van der Waals surface area (Å²) in [6.07, 6.45) is 2.32. The SMILES string of the molecule is CCCC1CC(=O)NC(n2nc(C)cc2NC(=O)CCSc2ccccc2)N1. The molecule has 2 amide bonds. The Balaban J connectivity index is 1.60. The van der Waals surface area contributed by atoms with Crippen LogP contribution in [0.4, 0.5) is 5.82 Å². The van der Waals surface area contributed by atoms with Crippen LogP contribution in [0.2, 0.25) is 0 Å². The van der Waals surface area contributed by atoms with E-state index in [4.69, 9.17) is 0 Å². The highest BCUT2D eigenvalue weighted by atomic mass is 32.2. The van der Waals surface area contributed by atoms with Crippen molar-refractivity contribution in [2.75, 3.05) is 11.1 Å². The molecule has 0 radical (unpaired) electrons. The number of hydrogen-bond donors (Lipinski definition) is 3. The molecular formula is C20H27N5O2S. The van der Waals surface area contributed by atoms with Gasteiger partial charge in [-0.25, -0.2) is 4.68 Å². The molecule has 3 N–H and O–H groups in total. The van der Waals surface area contributed by atoms with Crippen molar-refractivity contribution in [3.63, 3.8) is 0 Å². The van der Waals surface area contributed by atoms with Gasteiger partial charge in [0.1, 0.15) is 5.82 Å². The summed E-state index contributed by atoms with van der Waals surface area (Å²) in [6, 6.07) is 11.9. The first-order chi connectivity index (χ1) is 13.5. The Bertz CT molecular complexity index is 808. The summed E-state index contributed by atoms with van der Waals surface area (Å²) in [6.45, 7) is 3.96. The molecule has 1 saturated heterocycles. The zero-order valence-electron chi connectivity index (χ0n) is 16.3. The monoisotopic (exact) mass is 401 g/mol. The molecule has 2 atom stereocenters. The fraction of sp³-hybridized carbons (Fsp3) is 0.450. The summed E-state index contributed by atoms with van der Waals surface area (Å²) in [4.78, 5) is 25.6. The fourth-order valence-electron chi connectivity index (χ4n) is 3.22. The maximum absolute atomic E-state index is 12.4. The lowest BCUT2D eigenvalue weighted by Crippen LogP contribution is -2.53. The number of carbonyl (C=O) groups is 2. The van der Waals surface area contributed by atoms with Crippen LogP contribution in [0.25, 0.3) is 0 Å².